The number of para-hydroxylation sites is 4. The number of nitrogens with zero attached hydrogens (tertiary/aromatic N) is 4. The van der Waals surface area contributed by atoms with Crippen LogP contribution in [0.25, 0.3) is 94.7 Å². The fourth-order valence-electron chi connectivity index (χ4n) is 7.14. The summed E-state index contributed by atoms with van der Waals surface area (Å²) in [7, 11) is 0. The Kier molecular flexibility index (Phi) is 6.42. The van der Waals surface area contributed by atoms with Crippen LogP contribution in [0.4, 0.5) is 0 Å². The van der Waals surface area contributed by atoms with E-state index >= 15 is 0 Å². The predicted molar refractivity (Wildman–Crippen MR) is 203 cm³/mol. The van der Waals surface area contributed by atoms with Crippen molar-refractivity contribution in [1.29, 1.82) is 0 Å². The van der Waals surface area contributed by atoms with E-state index in [2.05, 4.69) is 126 Å². The monoisotopic (exact) mass is 640 g/mol. The van der Waals surface area contributed by atoms with Crippen LogP contribution in [0.3, 0.4) is 0 Å². The average molecular weight is 641 g/mol. The van der Waals surface area contributed by atoms with Crippen molar-refractivity contribution in [3.63, 3.8) is 0 Å². The van der Waals surface area contributed by atoms with Crippen molar-refractivity contribution in [3.8, 4) is 51.0 Å². The lowest BCUT2D eigenvalue weighted by molar-refractivity contribution is 0.670. The first-order chi connectivity index (χ1) is 24.8. The smallest absolute Gasteiger partial charge is 0.167 e. The lowest BCUT2D eigenvalue weighted by Crippen LogP contribution is -2.00. The molecule has 0 aliphatic heterocycles. The number of fused-ring (bicyclic) bond motifs is 6. The number of hydrogen-bond acceptors (Lipinski definition) is 4. The van der Waals surface area contributed by atoms with Crippen molar-refractivity contribution < 1.29 is 4.42 Å². The maximum absolute atomic E-state index is 6.74. The maximum Gasteiger partial charge on any atom is 0.167 e. The second kappa shape index (κ2) is 11.4. The van der Waals surface area contributed by atoms with Crippen molar-refractivity contribution in [3.05, 3.63) is 170 Å². The molecule has 0 bridgehead atoms. The van der Waals surface area contributed by atoms with Gasteiger partial charge in [0.1, 0.15) is 11.2 Å². The van der Waals surface area contributed by atoms with Crippen LogP contribution in [0.5, 0.6) is 0 Å². The van der Waals surface area contributed by atoms with Crippen molar-refractivity contribution in [2.45, 2.75) is 0 Å². The Hall–Kier alpha value is -6.85. The molecule has 5 nitrogen and oxygen atoms in total. The molecule has 0 aliphatic carbocycles. The van der Waals surface area contributed by atoms with Gasteiger partial charge < -0.3 is 8.98 Å². The number of hydrogen-bond donors (Lipinski definition) is 0. The topological polar surface area (TPSA) is 56.7 Å². The van der Waals surface area contributed by atoms with E-state index in [4.69, 9.17) is 19.4 Å². The normalized spacial score (nSPS) is 11.6. The van der Waals surface area contributed by atoms with Crippen LogP contribution in [0.1, 0.15) is 0 Å². The molecule has 50 heavy (non-hydrogen) atoms. The number of benzene rings is 7. The van der Waals surface area contributed by atoms with Gasteiger partial charge >= 0.3 is 0 Å². The molecule has 3 aromatic heterocycles. The lowest BCUT2D eigenvalue weighted by atomic mass is 10.0. The van der Waals surface area contributed by atoms with Crippen molar-refractivity contribution in [2.75, 3.05) is 0 Å². The molecule has 0 aliphatic rings. The molecular weight excluding hydrogens is 613 g/mol. The minimum atomic E-state index is 0.561. The summed E-state index contributed by atoms with van der Waals surface area (Å²) in [6, 6.07) is 58.5. The zero-order valence-corrected chi connectivity index (χ0v) is 26.9. The fourth-order valence-corrected chi connectivity index (χ4v) is 7.14. The highest BCUT2D eigenvalue weighted by Crippen LogP contribution is 2.40. The first-order valence-corrected chi connectivity index (χ1v) is 16.7. The Labute approximate surface area is 287 Å². The number of rotatable bonds is 5. The molecule has 0 N–H and O–H groups in total. The zero-order valence-electron chi connectivity index (χ0n) is 26.9. The largest absolute Gasteiger partial charge is 0.455 e. The maximum atomic E-state index is 6.74. The number of furan rings is 1. The Balaban J connectivity index is 1.14. The van der Waals surface area contributed by atoms with Crippen LogP contribution >= 0.6 is 0 Å². The van der Waals surface area contributed by atoms with Gasteiger partial charge in [-0.15, -0.1) is 0 Å². The second-order valence-electron chi connectivity index (χ2n) is 12.4. The minimum absolute atomic E-state index is 0.561. The van der Waals surface area contributed by atoms with Crippen LogP contribution < -0.4 is 0 Å². The molecule has 0 unspecified atom stereocenters. The third kappa shape index (κ3) is 4.52. The Bertz CT molecular complexity index is 2800. The van der Waals surface area contributed by atoms with Crippen LogP contribution in [0.2, 0.25) is 0 Å². The van der Waals surface area contributed by atoms with Gasteiger partial charge in [0.05, 0.1) is 16.6 Å². The molecule has 7 aromatic carbocycles. The van der Waals surface area contributed by atoms with Crippen LogP contribution in [0.15, 0.2) is 174 Å². The van der Waals surface area contributed by atoms with Gasteiger partial charge in [0.15, 0.2) is 17.5 Å². The zero-order chi connectivity index (χ0) is 33.0. The van der Waals surface area contributed by atoms with E-state index < -0.39 is 0 Å². The second-order valence-corrected chi connectivity index (χ2v) is 12.4. The first-order valence-electron chi connectivity index (χ1n) is 16.7. The van der Waals surface area contributed by atoms with E-state index in [0.29, 0.717) is 17.5 Å². The molecular formula is C45H28N4O. The third-order valence-electron chi connectivity index (χ3n) is 9.48. The molecule has 0 saturated carbocycles. The quantitative estimate of drug-likeness (QED) is 0.188. The SMILES string of the molecule is c1ccc(-c2nc(-c3ccc(-n4c5ccccc5c5ccccc54)cc3)nc(-c3cccc4c3oc3c(-c5ccccc5)cccc34)n2)cc1. The molecule has 10 rings (SSSR count). The molecule has 10 aromatic rings. The van der Waals surface area contributed by atoms with E-state index in [-0.39, 0.29) is 0 Å². The molecule has 0 fully saturated rings. The summed E-state index contributed by atoms with van der Waals surface area (Å²) in [5.41, 5.74) is 9.82. The lowest BCUT2D eigenvalue weighted by Gasteiger charge is -2.11. The van der Waals surface area contributed by atoms with Gasteiger partial charge in [-0.25, -0.2) is 15.0 Å². The van der Waals surface area contributed by atoms with Gasteiger partial charge in [-0.3, -0.25) is 0 Å². The van der Waals surface area contributed by atoms with Crippen LogP contribution in [-0.4, -0.2) is 19.5 Å². The molecule has 0 amide bonds. The highest BCUT2D eigenvalue weighted by molar-refractivity contribution is 6.13. The van der Waals surface area contributed by atoms with Gasteiger partial charge in [-0.2, -0.15) is 0 Å². The molecule has 234 valence electrons. The fraction of sp³-hybridized carbons (Fsp3) is 0. The van der Waals surface area contributed by atoms with Crippen LogP contribution in [0, 0.1) is 0 Å². The van der Waals surface area contributed by atoms with E-state index in [1.165, 1.54) is 21.8 Å². The van der Waals surface area contributed by atoms with Crippen molar-refractivity contribution >= 4 is 43.7 Å². The predicted octanol–water partition coefficient (Wildman–Crippen LogP) is 11.5. The van der Waals surface area contributed by atoms with Gasteiger partial charge in [0.2, 0.25) is 0 Å². The summed E-state index contributed by atoms with van der Waals surface area (Å²) >= 11 is 0. The van der Waals surface area contributed by atoms with E-state index in [1.807, 2.05) is 48.5 Å². The molecule has 5 heteroatoms. The average Bonchev–Trinajstić information content (AvgIpc) is 3.75. The summed E-state index contributed by atoms with van der Waals surface area (Å²) in [6.45, 7) is 0. The van der Waals surface area contributed by atoms with Crippen molar-refractivity contribution in [2.24, 2.45) is 0 Å². The van der Waals surface area contributed by atoms with Gasteiger partial charge in [0, 0.05) is 43.9 Å². The van der Waals surface area contributed by atoms with Gasteiger partial charge in [0.25, 0.3) is 0 Å². The number of aromatic nitrogens is 4. The minimum Gasteiger partial charge on any atom is -0.455 e. The molecule has 3 heterocycles. The van der Waals surface area contributed by atoms with E-state index in [0.717, 1.165) is 55.4 Å². The summed E-state index contributed by atoms with van der Waals surface area (Å²) in [5, 5.41) is 4.55. The highest BCUT2D eigenvalue weighted by Gasteiger charge is 2.19. The van der Waals surface area contributed by atoms with Crippen LogP contribution in [-0.2, 0) is 0 Å². The van der Waals surface area contributed by atoms with E-state index in [1.54, 1.807) is 0 Å². The Morgan fingerprint density at radius 2 is 0.800 bits per heavy atom. The molecule has 0 saturated heterocycles. The summed E-state index contributed by atoms with van der Waals surface area (Å²) < 4.78 is 9.05. The Morgan fingerprint density at radius 1 is 0.340 bits per heavy atom. The standard InChI is InChI=1S/C45H28N4O/c1-3-13-29(14-4-1)33-19-11-20-36-37-21-12-22-38(42(37)50-41(33)36)45-47-43(30-15-5-2-6-16-30)46-44(48-45)31-25-27-32(28-26-31)49-39-23-9-7-17-34(39)35-18-8-10-24-40(35)49/h1-28H. The third-order valence-corrected chi connectivity index (χ3v) is 9.48. The summed E-state index contributed by atoms with van der Waals surface area (Å²) in [4.78, 5) is 15.2. The van der Waals surface area contributed by atoms with E-state index in [9.17, 15) is 0 Å². The first kappa shape index (κ1) is 28.2. The van der Waals surface area contributed by atoms with Gasteiger partial charge in [-0.1, -0.05) is 127 Å². The molecule has 0 atom stereocenters. The molecule has 0 spiro atoms. The summed E-state index contributed by atoms with van der Waals surface area (Å²) in [5.74, 6) is 1.77. The Morgan fingerprint density at radius 3 is 1.42 bits per heavy atom. The summed E-state index contributed by atoms with van der Waals surface area (Å²) in [6.07, 6.45) is 0. The highest BCUT2D eigenvalue weighted by atomic mass is 16.3. The van der Waals surface area contributed by atoms with Gasteiger partial charge in [-0.05, 0) is 48.0 Å². The van der Waals surface area contributed by atoms with Crippen molar-refractivity contribution in [1.82, 2.24) is 19.5 Å². The molecule has 0 radical (unpaired) electrons.